The second-order valence-electron chi connectivity index (χ2n) is 9.59. The lowest BCUT2D eigenvalue weighted by Crippen LogP contribution is -2.37. The van der Waals surface area contributed by atoms with Gasteiger partial charge in [-0.2, -0.15) is 0 Å². The van der Waals surface area contributed by atoms with Crippen LogP contribution in [0.1, 0.15) is 40.0 Å². The van der Waals surface area contributed by atoms with E-state index in [0.717, 1.165) is 46.4 Å². The molecule has 1 aromatic carbocycles. The fourth-order valence-corrected chi connectivity index (χ4v) is 5.59. The lowest BCUT2D eigenvalue weighted by atomic mass is 10.1. The van der Waals surface area contributed by atoms with Gasteiger partial charge in [-0.1, -0.05) is 12.1 Å². The molecule has 1 aliphatic heterocycles. The molecule has 3 aromatic rings. The average molecular weight is 503 g/mol. The number of nitrogens with one attached hydrogen (secondary N) is 1. The summed E-state index contributed by atoms with van der Waals surface area (Å²) in [5, 5.41) is 5.59. The van der Waals surface area contributed by atoms with Crippen molar-refractivity contribution in [3.05, 3.63) is 36.0 Å². The van der Waals surface area contributed by atoms with E-state index in [1.165, 1.54) is 6.26 Å². The van der Waals surface area contributed by atoms with Gasteiger partial charge in [-0.3, -0.25) is 0 Å². The predicted octanol–water partition coefficient (Wildman–Crippen LogP) is 4.96. The van der Waals surface area contributed by atoms with Gasteiger partial charge < -0.3 is 15.0 Å². The Morgan fingerprint density at radius 1 is 1.15 bits per heavy atom. The molecule has 1 unspecified atom stereocenters. The van der Waals surface area contributed by atoms with Crippen LogP contribution >= 0.6 is 11.3 Å². The van der Waals surface area contributed by atoms with Crippen LogP contribution in [-0.4, -0.2) is 60.4 Å². The number of amides is 1. The van der Waals surface area contributed by atoms with Crippen molar-refractivity contribution in [1.82, 2.24) is 14.9 Å². The van der Waals surface area contributed by atoms with Crippen molar-refractivity contribution in [1.29, 1.82) is 0 Å². The third kappa shape index (κ3) is 5.67. The molecule has 3 heterocycles. The summed E-state index contributed by atoms with van der Waals surface area (Å²) in [7, 11) is -3.24. The Morgan fingerprint density at radius 2 is 1.88 bits per heavy atom. The Balaban J connectivity index is 1.50. The largest absolute Gasteiger partial charge is 0.444 e. The van der Waals surface area contributed by atoms with Crippen LogP contribution in [0.15, 0.2) is 40.9 Å². The first kappa shape index (κ1) is 24.4. The molecule has 4 rings (SSSR count). The van der Waals surface area contributed by atoms with E-state index in [1.54, 1.807) is 34.7 Å². The summed E-state index contributed by atoms with van der Waals surface area (Å²) in [5.74, 6) is 0.782. The first-order valence-electron chi connectivity index (χ1n) is 11.3. The van der Waals surface area contributed by atoms with Crippen molar-refractivity contribution in [3.8, 4) is 11.1 Å². The molecule has 182 valence electrons. The fourth-order valence-electron chi connectivity index (χ4n) is 3.98. The molecule has 8 nitrogen and oxygen atoms in total. The Kier molecular flexibility index (Phi) is 6.82. The number of nitrogens with zero attached hydrogens (tertiary/aromatic N) is 3. The molecule has 1 N–H and O–H groups in total. The molecule has 0 spiro atoms. The number of fused-ring (bicyclic) bond motifs is 1. The number of carbonyl (C=O) groups excluding carboxylic acids is 1. The molecule has 1 saturated heterocycles. The Labute approximate surface area is 204 Å². The topological polar surface area (TPSA) is 101 Å². The summed E-state index contributed by atoms with van der Waals surface area (Å²) in [5.41, 5.74) is 2.18. The second-order valence-corrected chi connectivity index (χ2v) is 12.5. The van der Waals surface area contributed by atoms with E-state index in [-0.39, 0.29) is 12.1 Å². The van der Waals surface area contributed by atoms with Gasteiger partial charge in [0.1, 0.15) is 17.7 Å². The molecule has 1 atom stereocenters. The van der Waals surface area contributed by atoms with Gasteiger partial charge in [0.05, 0.1) is 15.1 Å². The molecule has 2 aromatic heterocycles. The normalized spacial score (nSPS) is 17.4. The summed E-state index contributed by atoms with van der Waals surface area (Å²) in [6.07, 6.45) is 5.10. The van der Waals surface area contributed by atoms with E-state index >= 15 is 0 Å². The quantitative estimate of drug-likeness (QED) is 0.538. The predicted molar refractivity (Wildman–Crippen MR) is 135 cm³/mol. The minimum atomic E-state index is -3.24. The highest BCUT2D eigenvalue weighted by molar-refractivity contribution is 7.90. The van der Waals surface area contributed by atoms with E-state index in [2.05, 4.69) is 15.3 Å². The zero-order valence-corrected chi connectivity index (χ0v) is 21.5. The van der Waals surface area contributed by atoms with Crippen LogP contribution in [0.4, 0.5) is 10.6 Å². The number of sulfone groups is 1. The van der Waals surface area contributed by atoms with Crippen LogP contribution in [-0.2, 0) is 14.6 Å². The molecular formula is C24H30N4O4S2. The first-order chi connectivity index (χ1) is 16.0. The molecule has 0 saturated carbocycles. The van der Waals surface area contributed by atoms with Gasteiger partial charge in [0.15, 0.2) is 9.84 Å². The maximum absolute atomic E-state index is 12.5. The molecule has 0 bridgehead atoms. The highest BCUT2D eigenvalue weighted by atomic mass is 32.2. The first-order valence-corrected chi connectivity index (χ1v) is 14.1. The number of anilines is 1. The number of aromatic nitrogens is 2. The zero-order valence-electron chi connectivity index (χ0n) is 19.9. The number of thiophene rings is 1. The number of benzene rings is 1. The van der Waals surface area contributed by atoms with E-state index < -0.39 is 15.4 Å². The second kappa shape index (κ2) is 9.50. The van der Waals surface area contributed by atoms with Crippen LogP contribution in [0.2, 0.25) is 0 Å². The minimum Gasteiger partial charge on any atom is -0.444 e. The smallest absolute Gasteiger partial charge is 0.410 e. The molecule has 0 radical (unpaired) electrons. The van der Waals surface area contributed by atoms with Crippen LogP contribution in [0.5, 0.6) is 0 Å². The molecule has 1 aliphatic rings. The van der Waals surface area contributed by atoms with Gasteiger partial charge in [-0.15, -0.1) is 11.3 Å². The van der Waals surface area contributed by atoms with Crippen LogP contribution in [0.25, 0.3) is 21.3 Å². The van der Waals surface area contributed by atoms with Crippen molar-refractivity contribution in [3.63, 3.8) is 0 Å². The number of rotatable bonds is 4. The van der Waals surface area contributed by atoms with Gasteiger partial charge in [0.2, 0.25) is 0 Å². The molecule has 10 heteroatoms. The molecule has 1 fully saturated rings. The van der Waals surface area contributed by atoms with Gasteiger partial charge in [0, 0.05) is 36.3 Å². The number of hydrogen-bond donors (Lipinski definition) is 1. The Hall–Kier alpha value is -2.72. The van der Waals surface area contributed by atoms with E-state index in [0.29, 0.717) is 18.0 Å². The monoisotopic (exact) mass is 502 g/mol. The maximum atomic E-state index is 12.5. The van der Waals surface area contributed by atoms with E-state index in [1.807, 2.05) is 38.3 Å². The van der Waals surface area contributed by atoms with Gasteiger partial charge >= 0.3 is 6.09 Å². The van der Waals surface area contributed by atoms with Crippen molar-refractivity contribution in [2.45, 2.75) is 56.6 Å². The van der Waals surface area contributed by atoms with Crippen LogP contribution in [0, 0.1) is 0 Å². The van der Waals surface area contributed by atoms with E-state index in [9.17, 15) is 13.2 Å². The van der Waals surface area contributed by atoms with Gasteiger partial charge in [0.25, 0.3) is 0 Å². The third-order valence-electron chi connectivity index (χ3n) is 5.67. The van der Waals surface area contributed by atoms with Crippen molar-refractivity contribution < 1.29 is 17.9 Å². The summed E-state index contributed by atoms with van der Waals surface area (Å²) < 4.78 is 30.0. The van der Waals surface area contributed by atoms with Crippen LogP contribution < -0.4 is 5.32 Å². The number of likely N-dealkylation sites (tertiary alicyclic amines) is 1. The maximum Gasteiger partial charge on any atom is 0.410 e. The van der Waals surface area contributed by atoms with Crippen molar-refractivity contribution >= 4 is 43.3 Å². The van der Waals surface area contributed by atoms with Crippen molar-refractivity contribution in [2.75, 3.05) is 24.7 Å². The van der Waals surface area contributed by atoms with Crippen molar-refractivity contribution in [2.24, 2.45) is 0 Å². The zero-order chi connectivity index (χ0) is 24.5. The number of carbonyl (C=O) groups is 1. The fraction of sp³-hybridized carbons (Fsp3) is 0.458. The summed E-state index contributed by atoms with van der Waals surface area (Å²) in [6.45, 7) is 6.94. The lowest BCUT2D eigenvalue weighted by molar-refractivity contribution is 0.0256. The van der Waals surface area contributed by atoms with E-state index in [4.69, 9.17) is 4.74 Å². The highest BCUT2D eigenvalue weighted by Crippen LogP contribution is 2.36. The summed E-state index contributed by atoms with van der Waals surface area (Å²) in [6, 6.07) is 7.05. The average Bonchev–Trinajstić information content (AvgIpc) is 3.05. The van der Waals surface area contributed by atoms with Gasteiger partial charge in [-0.25, -0.2) is 23.2 Å². The van der Waals surface area contributed by atoms with Gasteiger partial charge in [-0.05, 0) is 57.7 Å². The number of ether oxygens (including phenoxy) is 1. The lowest BCUT2D eigenvalue weighted by Gasteiger charge is -2.26. The highest BCUT2D eigenvalue weighted by Gasteiger charge is 2.26. The summed E-state index contributed by atoms with van der Waals surface area (Å²) in [4.78, 5) is 23.5. The Bertz CT molecular complexity index is 1280. The SMILES string of the molecule is CC(C)(C)OC(=O)N1CCCC(Nc2ncnc3c(-c4ccc(S(C)(=O)=O)cc4)csc23)CC1. The third-order valence-corrected chi connectivity index (χ3v) is 7.77. The molecule has 34 heavy (non-hydrogen) atoms. The minimum absolute atomic E-state index is 0.185. The Morgan fingerprint density at radius 3 is 2.56 bits per heavy atom. The molecule has 1 amide bonds. The summed E-state index contributed by atoms with van der Waals surface area (Å²) >= 11 is 1.56. The molecular weight excluding hydrogens is 472 g/mol. The number of hydrogen-bond acceptors (Lipinski definition) is 8. The standard InChI is InChI=1S/C24H30N4O4S2/c1-24(2,3)32-23(29)28-12-5-6-17(11-13-28)27-22-21-20(25-15-26-22)19(14-33-21)16-7-9-18(10-8-16)34(4,30)31/h7-10,14-15,17H,5-6,11-13H2,1-4H3,(H,25,26,27). The van der Waals surface area contributed by atoms with Crippen LogP contribution in [0.3, 0.4) is 0 Å². The molecule has 0 aliphatic carbocycles.